The van der Waals surface area contributed by atoms with E-state index in [4.69, 9.17) is 4.74 Å². The van der Waals surface area contributed by atoms with Gasteiger partial charge in [0, 0.05) is 22.8 Å². The minimum atomic E-state index is 0.443. The third kappa shape index (κ3) is 4.00. The molecule has 94 valence electrons. The second-order valence-corrected chi connectivity index (χ2v) is 5.57. The lowest BCUT2D eigenvalue weighted by Crippen LogP contribution is -2.33. The first-order valence-electron chi connectivity index (χ1n) is 6.41. The van der Waals surface area contributed by atoms with Crippen LogP contribution in [0.15, 0.2) is 28.7 Å². The third-order valence-electron chi connectivity index (χ3n) is 3.17. The van der Waals surface area contributed by atoms with Crippen LogP contribution in [0, 0.1) is 0 Å². The average molecular weight is 298 g/mol. The first-order chi connectivity index (χ1) is 8.28. The van der Waals surface area contributed by atoms with Crippen LogP contribution in [-0.4, -0.2) is 18.8 Å². The molecule has 1 heterocycles. The van der Waals surface area contributed by atoms with Crippen LogP contribution in [0.1, 0.15) is 32.6 Å². The Balaban J connectivity index is 1.90. The summed E-state index contributed by atoms with van der Waals surface area (Å²) in [5.74, 6) is 0. The maximum absolute atomic E-state index is 5.76. The molecule has 1 N–H and O–H groups in total. The topological polar surface area (TPSA) is 21.3 Å². The molecule has 2 nitrogen and oxygen atoms in total. The van der Waals surface area contributed by atoms with Gasteiger partial charge in [-0.2, -0.15) is 0 Å². The van der Waals surface area contributed by atoms with Crippen LogP contribution in [0.25, 0.3) is 0 Å². The van der Waals surface area contributed by atoms with Crippen molar-refractivity contribution in [2.75, 3.05) is 11.9 Å². The number of benzene rings is 1. The van der Waals surface area contributed by atoms with Crippen LogP contribution in [0.4, 0.5) is 5.69 Å². The van der Waals surface area contributed by atoms with E-state index in [1.165, 1.54) is 18.5 Å². The minimum Gasteiger partial charge on any atom is -0.382 e. The molecule has 1 aliphatic heterocycles. The third-order valence-corrected chi connectivity index (χ3v) is 3.67. The molecule has 0 spiro atoms. The molecule has 3 heteroatoms. The van der Waals surface area contributed by atoms with Crippen molar-refractivity contribution in [1.29, 1.82) is 0 Å². The lowest BCUT2D eigenvalue weighted by atomic mass is 10.00. The van der Waals surface area contributed by atoms with E-state index in [1.807, 2.05) is 0 Å². The van der Waals surface area contributed by atoms with Gasteiger partial charge in [0.1, 0.15) is 0 Å². The summed E-state index contributed by atoms with van der Waals surface area (Å²) in [5.41, 5.74) is 1.20. The van der Waals surface area contributed by atoms with Crippen molar-refractivity contribution in [3.8, 4) is 0 Å². The Morgan fingerprint density at radius 2 is 2.35 bits per heavy atom. The second-order valence-electron chi connectivity index (χ2n) is 4.66. The fraction of sp³-hybridized carbons (Fsp3) is 0.571. The SMILES string of the molecule is CCCC1CC(Nc2cccc(Br)c2)CCO1. The number of rotatable bonds is 4. The van der Waals surface area contributed by atoms with E-state index in [0.29, 0.717) is 12.1 Å². The number of hydrogen-bond acceptors (Lipinski definition) is 2. The van der Waals surface area contributed by atoms with Gasteiger partial charge in [-0.25, -0.2) is 0 Å². The van der Waals surface area contributed by atoms with E-state index in [9.17, 15) is 0 Å². The monoisotopic (exact) mass is 297 g/mol. The fourth-order valence-corrected chi connectivity index (χ4v) is 2.75. The molecule has 2 rings (SSSR count). The quantitative estimate of drug-likeness (QED) is 0.899. The van der Waals surface area contributed by atoms with Crippen molar-refractivity contribution in [2.45, 2.75) is 44.8 Å². The molecule has 17 heavy (non-hydrogen) atoms. The highest BCUT2D eigenvalue weighted by atomic mass is 79.9. The van der Waals surface area contributed by atoms with Crippen molar-refractivity contribution in [2.24, 2.45) is 0 Å². The molecule has 2 unspecified atom stereocenters. The van der Waals surface area contributed by atoms with Gasteiger partial charge in [-0.05, 0) is 37.5 Å². The zero-order valence-electron chi connectivity index (χ0n) is 10.3. The van der Waals surface area contributed by atoms with E-state index in [2.05, 4.69) is 52.4 Å². The van der Waals surface area contributed by atoms with Crippen molar-refractivity contribution < 1.29 is 4.74 Å². The summed E-state index contributed by atoms with van der Waals surface area (Å²) in [5, 5.41) is 3.60. The van der Waals surface area contributed by atoms with Crippen LogP contribution >= 0.6 is 15.9 Å². The highest BCUT2D eigenvalue weighted by molar-refractivity contribution is 9.10. The molecule has 0 aliphatic carbocycles. The predicted octanol–water partition coefficient (Wildman–Crippen LogP) is 4.21. The molecule has 0 radical (unpaired) electrons. The Morgan fingerprint density at radius 3 is 3.12 bits per heavy atom. The maximum atomic E-state index is 5.76. The van der Waals surface area contributed by atoms with E-state index in [-0.39, 0.29) is 0 Å². The molecule has 0 aromatic heterocycles. The van der Waals surface area contributed by atoms with Gasteiger partial charge in [-0.1, -0.05) is 35.3 Å². The summed E-state index contributed by atoms with van der Waals surface area (Å²) >= 11 is 3.50. The van der Waals surface area contributed by atoms with Crippen LogP contribution < -0.4 is 5.32 Å². The summed E-state index contributed by atoms with van der Waals surface area (Å²) in [6.07, 6.45) is 5.05. The van der Waals surface area contributed by atoms with Crippen LogP contribution in [0.5, 0.6) is 0 Å². The Morgan fingerprint density at radius 1 is 1.47 bits per heavy atom. The van der Waals surface area contributed by atoms with Gasteiger partial charge in [0.2, 0.25) is 0 Å². The molecule has 2 atom stereocenters. The molecule has 0 bridgehead atoms. The van der Waals surface area contributed by atoms with Crippen LogP contribution in [-0.2, 0) is 4.74 Å². The smallest absolute Gasteiger partial charge is 0.0594 e. The zero-order valence-corrected chi connectivity index (χ0v) is 11.9. The Kier molecular flexibility index (Phi) is 4.86. The van der Waals surface area contributed by atoms with Gasteiger partial charge in [-0.3, -0.25) is 0 Å². The molecule has 0 saturated carbocycles. The van der Waals surface area contributed by atoms with Gasteiger partial charge >= 0.3 is 0 Å². The van der Waals surface area contributed by atoms with E-state index < -0.39 is 0 Å². The largest absolute Gasteiger partial charge is 0.382 e. The molecular weight excluding hydrogens is 278 g/mol. The van der Waals surface area contributed by atoms with E-state index >= 15 is 0 Å². The second kappa shape index (κ2) is 6.41. The van der Waals surface area contributed by atoms with Gasteiger partial charge in [-0.15, -0.1) is 0 Å². The van der Waals surface area contributed by atoms with Crippen molar-refractivity contribution in [1.82, 2.24) is 0 Å². The Bertz CT molecular complexity index is 354. The summed E-state index contributed by atoms with van der Waals surface area (Å²) in [6.45, 7) is 3.10. The predicted molar refractivity (Wildman–Crippen MR) is 75.4 cm³/mol. The van der Waals surface area contributed by atoms with Gasteiger partial charge < -0.3 is 10.1 Å². The van der Waals surface area contributed by atoms with Gasteiger partial charge in [0.05, 0.1) is 6.10 Å². The molecular formula is C14H20BrNO. The summed E-state index contributed by atoms with van der Waals surface area (Å²) in [7, 11) is 0. The number of anilines is 1. The molecule has 1 aliphatic rings. The van der Waals surface area contributed by atoms with Crippen molar-refractivity contribution in [3.05, 3.63) is 28.7 Å². The number of hydrogen-bond donors (Lipinski definition) is 1. The first kappa shape index (κ1) is 12.9. The van der Waals surface area contributed by atoms with Crippen LogP contribution in [0.3, 0.4) is 0 Å². The standard InChI is InChI=1S/C14H20BrNO/c1-2-4-14-10-13(7-8-17-14)16-12-6-3-5-11(15)9-12/h3,5-6,9,13-14,16H,2,4,7-8,10H2,1H3. The van der Waals surface area contributed by atoms with Crippen molar-refractivity contribution in [3.63, 3.8) is 0 Å². The van der Waals surface area contributed by atoms with E-state index in [1.54, 1.807) is 0 Å². The zero-order chi connectivity index (χ0) is 12.1. The first-order valence-corrected chi connectivity index (χ1v) is 7.21. The van der Waals surface area contributed by atoms with Crippen molar-refractivity contribution >= 4 is 21.6 Å². The maximum Gasteiger partial charge on any atom is 0.0594 e. The Hall–Kier alpha value is -0.540. The molecule has 1 fully saturated rings. The van der Waals surface area contributed by atoms with Gasteiger partial charge in [0.25, 0.3) is 0 Å². The number of halogens is 1. The molecule has 1 saturated heterocycles. The fourth-order valence-electron chi connectivity index (χ4n) is 2.35. The lowest BCUT2D eigenvalue weighted by molar-refractivity contribution is 0.00598. The van der Waals surface area contributed by atoms with Gasteiger partial charge in [0.15, 0.2) is 0 Å². The lowest BCUT2D eigenvalue weighted by Gasteiger charge is -2.30. The summed E-state index contributed by atoms with van der Waals surface area (Å²) in [4.78, 5) is 0. The number of ether oxygens (including phenoxy) is 1. The van der Waals surface area contributed by atoms with Crippen LogP contribution in [0.2, 0.25) is 0 Å². The van der Waals surface area contributed by atoms with E-state index in [0.717, 1.165) is 23.9 Å². The normalized spacial score (nSPS) is 24.6. The summed E-state index contributed by atoms with van der Waals surface area (Å²) < 4.78 is 6.89. The Labute approximate surface area is 112 Å². The number of nitrogens with one attached hydrogen (secondary N) is 1. The summed E-state index contributed by atoms with van der Waals surface area (Å²) in [6, 6.07) is 8.92. The molecule has 1 aromatic carbocycles. The minimum absolute atomic E-state index is 0.443. The highest BCUT2D eigenvalue weighted by Gasteiger charge is 2.21. The average Bonchev–Trinajstić information content (AvgIpc) is 2.30. The highest BCUT2D eigenvalue weighted by Crippen LogP contribution is 2.23. The molecule has 1 aromatic rings. The molecule has 0 amide bonds.